The van der Waals surface area contributed by atoms with Crippen LogP contribution < -0.4 is 0 Å². The van der Waals surface area contributed by atoms with E-state index in [4.69, 9.17) is 4.74 Å². The number of aliphatic hydroxyl groups excluding tert-OH is 1. The molecule has 0 aliphatic heterocycles. The minimum absolute atomic E-state index is 0.335. The summed E-state index contributed by atoms with van der Waals surface area (Å²) < 4.78 is 5.63. The molecule has 3 heteroatoms. The molecule has 0 aromatic carbocycles. The molecule has 3 nitrogen and oxygen atoms in total. The first-order chi connectivity index (χ1) is 13.6. The third-order valence-corrected chi connectivity index (χ3v) is 5.95. The van der Waals surface area contributed by atoms with Gasteiger partial charge >= 0.3 is 0 Å². The highest BCUT2D eigenvalue weighted by Crippen LogP contribution is 2.13. The van der Waals surface area contributed by atoms with Gasteiger partial charge in [0.15, 0.2) is 0 Å². The third-order valence-electron chi connectivity index (χ3n) is 5.95. The Morgan fingerprint density at radius 1 is 0.679 bits per heavy atom. The number of nitrogens with zero attached hydrogens (tertiary/aromatic N) is 1. The summed E-state index contributed by atoms with van der Waals surface area (Å²) in [5, 5.41) is 9.95. The average Bonchev–Trinajstić information content (AvgIpc) is 2.66. The summed E-state index contributed by atoms with van der Waals surface area (Å²) in [6, 6.07) is 0.397. The van der Waals surface area contributed by atoms with Crippen LogP contribution in [0.2, 0.25) is 0 Å². The number of hydrogen-bond donors (Lipinski definition) is 1. The first-order valence-electron chi connectivity index (χ1n) is 12.5. The van der Waals surface area contributed by atoms with Gasteiger partial charge in [0.2, 0.25) is 0 Å². The van der Waals surface area contributed by atoms with Gasteiger partial charge in [-0.15, -0.1) is 0 Å². The van der Waals surface area contributed by atoms with E-state index in [-0.39, 0.29) is 6.10 Å². The van der Waals surface area contributed by atoms with Crippen LogP contribution in [0.4, 0.5) is 0 Å². The van der Waals surface area contributed by atoms with Gasteiger partial charge in [0.25, 0.3) is 0 Å². The Hall–Kier alpha value is -0.120. The molecule has 2 atom stereocenters. The lowest BCUT2D eigenvalue weighted by Gasteiger charge is -2.22. The molecule has 0 bridgehead atoms. The largest absolute Gasteiger partial charge is 0.391 e. The molecule has 0 heterocycles. The molecule has 0 aromatic heterocycles. The van der Waals surface area contributed by atoms with Crippen LogP contribution in [0.3, 0.4) is 0 Å². The molecule has 28 heavy (non-hydrogen) atoms. The quantitative estimate of drug-likeness (QED) is 0.200. The molecular weight excluding hydrogens is 346 g/mol. The Labute approximate surface area is 177 Å². The predicted octanol–water partition coefficient (Wildman–Crippen LogP) is 6.97. The Kier molecular flexibility index (Phi) is 21.5. The molecule has 0 radical (unpaired) electrons. The summed E-state index contributed by atoms with van der Waals surface area (Å²) >= 11 is 0. The second-order valence-corrected chi connectivity index (χ2v) is 9.08. The molecule has 0 saturated carbocycles. The summed E-state index contributed by atoms with van der Waals surface area (Å²) in [6.45, 7) is 5.71. The number of hydrogen-bond acceptors (Lipinski definition) is 3. The van der Waals surface area contributed by atoms with Crippen molar-refractivity contribution in [3.05, 3.63) is 0 Å². The summed E-state index contributed by atoms with van der Waals surface area (Å²) in [7, 11) is 4.10. The summed E-state index contributed by atoms with van der Waals surface area (Å²) in [5.74, 6) is 0. The molecular formula is C25H53NO2. The zero-order valence-electron chi connectivity index (χ0n) is 19.9. The van der Waals surface area contributed by atoms with E-state index in [0.29, 0.717) is 12.6 Å². The van der Waals surface area contributed by atoms with Crippen LogP contribution in [-0.4, -0.2) is 49.5 Å². The Bertz CT molecular complexity index is 296. The fraction of sp³-hybridized carbons (Fsp3) is 1.00. The molecule has 170 valence electrons. The van der Waals surface area contributed by atoms with Gasteiger partial charge in [0.1, 0.15) is 0 Å². The van der Waals surface area contributed by atoms with Crippen molar-refractivity contribution >= 4 is 0 Å². The fourth-order valence-corrected chi connectivity index (χ4v) is 3.64. The van der Waals surface area contributed by atoms with Crippen LogP contribution in [0.25, 0.3) is 0 Å². The number of aliphatic hydroxyl groups is 1. The first-order valence-corrected chi connectivity index (χ1v) is 12.5. The third kappa shape index (κ3) is 20.6. The lowest BCUT2D eigenvalue weighted by Crippen LogP contribution is -2.30. The van der Waals surface area contributed by atoms with Crippen LogP contribution in [0.15, 0.2) is 0 Å². The highest BCUT2D eigenvalue weighted by molar-refractivity contribution is 4.65. The molecule has 0 rings (SSSR count). The van der Waals surface area contributed by atoms with Gasteiger partial charge in [-0.2, -0.15) is 0 Å². The standard InChI is InChI=1S/C25H53NO2/c1-5-6-7-8-9-10-11-12-13-14-15-16-17-18-19-20-21-28-23-25(27)22-24(2)26(3)4/h24-25,27H,5-23H2,1-4H3. The zero-order chi connectivity index (χ0) is 20.9. The van der Waals surface area contributed by atoms with Crippen molar-refractivity contribution in [3.63, 3.8) is 0 Å². The van der Waals surface area contributed by atoms with Crippen LogP contribution in [0.5, 0.6) is 0 Å². The van der Waals surface area contributed by atoms with Crippen molar-refractivity contribution in [2.45, 2.75) is 135 Å². The SMILES string of the molecule is CCCCCCCCCCCCCCCCCCOCC(O)CC(C)N(C)C. The lowest BCUT2D eigenvalue weighted by molar-refractivity contribution is 0.0205. The van der Waals surface area contributed by atoms with Gasteiger partial charge in [0.05, 0.1) is 12.7 Å². The van der Waals surface area contributed by atoms with Gasteiger partial charge in [-0.3, -0.25) is 0 Å². The van der Waals surface area contributed by atoms with Crippen molar-refractivity contribution in [3.8, 4) is 0 Å². The Morgan fingerprint density at radius 3 is 1.46 bits per heavy atom. The normalized spacial score (nSPS) is 13.9. The maximum absolute atomic E-state index is 9.95. The van der Waals surface area contributed by atoms with E-state index < -0.39 is 0 Å². The molecule has 0 amide bonds. The van der Waals surface area contributed by atoms with E-state index in [0.717, 1.165) is 19.4 Å². The molecule has 0 saturated heterocycles. The molecule has 0 fully saturated rings. The van der Waals surface area contributed by atoms with E-state index in [1.165, 1.54) is 96.3 Å². The predicted molar refractivity (Wildman–Crippen MR) is 124 cm³/mol. The smallest absolute Gasteiger partial charge is 0.0788 e. The lowest BCUT2D eigenvalue weighted by atomic mass is 10.0. The molecule has 0 spiro atoms. The van der Waals surface area contributed by atoms with E-state index in [1.807, 2.05) is 0 Å². The van der Waals surface area contributed by atoms with Crippen LogP contribution >= 0.6 is 0 Å². The van der Waals surface area contributed by atoms with Crippen molar-refractivity contribution < 1.29 is 9.84 Å². The van der Waals surface area contributed by atoms with Crippen molar-refractivity contribution in [1.29, 1.82) is 0 Å². The van der Waals surface area contributed by atoms with Gasteiger partial charge in [0, 0.05) is 12.6 Å². The highest BCUT2D eigenvalue weighted by atomic mass is 16.5. The van der Waals surface area contributed by atoms with Gasteiger partial charge < -0.3 is 14.7 Å². The van der Waals surface area contributed by atoms with Gasteiger partial charge in [-0.05, 0) is 33.9 Å². The fourth-order valence-electron chi connectivity index (χ4n) is 3.64. The number of rotatable bonds is 22. The van der Waals surface area contributed by atoms with Crippen LogP contribution in [0, 0.1) is 0 Å². The molecule has 0 aromatic rings. The minimum atomic E-state index is -0.335. The van der Waals surface area contributed by atoms with E-state index in [1.54, 1.807) is 0 Å². The zero-order valence-corrected chi connectivity index (χ0v) is 19.9. The maximum atomic E-state index is 9.95. The first kappa shape index (κ1) is 27.9. The monoisotopic (exact) mass is 399 g/mol. The van der Waals surface area contributed by atoms with Crippen molar-refractivity contribution in [1.82, 2.24) is 4.90 Å². The molecule has 0 aliphatic carbocycles. The molecule has 0 aliphatic rings. The Morgan fingerprint density at radius 2 is 1.07 bits per heavy atom. The highest BCUT2D eigenvalue weighted by Gasteiger charge is 2.11. The van der Waals surface area contributed by atoms with Crippen LogP contribution in [0.1, 0.15) is 123 Å². The molecule has 1 N–H and O–H groups in total. The number of unbranched alkanes of at least 4 members (excludes halogenated alkanes) is 15. The van der Waals surface area contributed by atoms with Crippen molar-refractivity contribution in [2.75, 3.05) is 27.3 Å². The second kappa shape index (κ2) is 21.6. The van der Waals surface area contributed by atoms with E-state index >= 15 is 0 Å². The van der Waals surface area contributed by atoms with E-state index in [9.17, 15) is 5.11 Å². The van der Waals surface area contributed by atoms with Crippen LogP contribution in [-0.2, 0) is 4.74 Å². The van der Waals surface area contributed by atoms with Gasteiger partial charge in [-0.25, -0.2) is 0 Å². The number of ether oxygens (including phenoxy) is 1. The van der Waals surface area contributed by atoms with E-state index in [2.05, 4.69) is 32.8 Å². The average molecular weight is 400 g/mol. The summed E-state index contributed by atoms with van der Waals surface area (Å²) in [6.07, 6.45) is 22.7. The van der Waals surface area contributed by atoms with Gasteiger partial charge in [-0.1, -0.05) is 103 Å². The summed E-state index contributed by atoms with van der Waals surface area (Å²) in [5.41, 5.74) is 0. The Balaban J connectivity index is 3.14. The maximum Gasteiger partial charge on any atom is 0.0788 e. The second-order valence-electron chi connectivity index (χ2n) is 9.08. The van der Waals surface area contributed by atoms with Crippen molar-refractivity contribution in [2.24, 2.45) is 0 Å². The molecule has 2 unspecified atom stereocenters. The minimum Gasteiger partial charge on any atom is -0.391 e. The summed E-state index contributed by atoms with van der Waals surface area (Å²) in [4.78, 5) is 2.14. The topological polar surface area (TPSA) is 32.7 Å².